The summed E-state index contributed by atoms with van der Waals surface area (Å²) in [6.07, 6.45) is 1.03. The van der Waals surface area contributed by atoms with E-state index in [1.807, 2.05) is 25.2 Å². The number of rotatable bonds is 6. The molecule has 0 unspecified atom stereocenters. The van der Waals surface area contributed by atoms with E-state index in [1.54, 1.807) is 14.2 Å². The molecule has 0 aliphatic rings. The molecule has 0 aromatic heterocycles. The molecule has 112 valence electrons. The first-order valence-corrected chi connectivity index (χ1v) is 7.16. The van der Waals surface area contributed by atoms with Crippen LogP contribution in [-0.4, -0.2) is 27.3 Å². The van der Waals surface area contributed by atoms with Gasteiger partial charge < -0.3 is 14.8 Å². The van der Waals surface area contributed by atoms with Crippen LogP contribution in [0.15, 0.2) is 42.5 Å². The third-order valence-corrected chi connectivity index (χ3v) is 3.67. The molecule has 2 aromatic carbocycles. The molecule has 0 radical (unpaired) electrons. The smallest absolute Gasteiger partial charge is 0.123 e. The number of benzene rings is 2. The van der Waals surface area contributed by atoms with E-state index in [0.29, 0.717) is 6.04 Å². The van der Waals surface area contributed by atoms with Crippen molar-refractivity contribution in [1.82, 2.24) is 5.32 Å². The highest BCUT2D eigenvalue weighted by atomic mass is 16.5. The van der Waals surface area contributed by atoms with E-state index in [1.165, 1.54) is 5.56 Å². The quantitative estimate of drug-likeness (QED) is 0.881. The van der Waals surface area contributed by atoms with Gasteiger partial charge >= 0.3 is 0 Å². The predicted octanol–water partition coefficient (Wildman–Crippen LogP) is 3.52. The maximum absolute atomic E-state index is 5.32. The second kappa shape index (κ2) is 7.14. The molecule has 0 heterocycles. The van der Waals surface area contributed by atoms with Crippen molar-refractivity contribution in [3.63, 3.8) is 0 Å². The van der Waals surface area contributed by atoms with Crippen LogP contribution in [-0.2, 0) is 6.42 Å². The maximum Gasteiger partial charge on any atom is 0.123 e. The Hall–Kier alpha value is -2.00. The number of likely N-dealkylation sites (N-methyl/N-ethyl adjacent to an activating group) is 1. The van der Waals surface area contributed by atoms with Gasteiger partial charge in [-0.3, -0.25) is 0 Å². The van der Waals surface area contributed by atoms with Gasteiger partial charge in [-0.1, -0.05) is 24.3 Å². The highest BCUT2D eigenvalue weighted by Gasteiger charge is 2.05. The summed E-state index contributed by atoms with van der Waals surface area (Å²) in [6, 6.07) is 15.0. The number of hydrogen-bond acceptors (Lipinski definition) is 3. The fourth-order valence-electron chi connectivity index (χ4n) is 2.26. The van der Waals surface area contributed by atoms with Crippen molar-refractivity contribution < 1.29 is 9.47 Å². The molecule has 0 fully saturated rings. The summed E-state index contributed by atoms with van der Waals surface area (Å²) in [5.74, 6) is 1.61. The summed E-state index contributed by atoms with van der Waals surface area (Å²) in [6.45, 7) is 2.18. The second-order valence-corrected chi connectivity index (χ2v) is 5.19. The lowest BCUT2D eigenvalue weighted by atomic mass is 10.0. The summed E-state index contributed by atoms with van der Waals surface area (Å²) in [7, 11) is 5.32. The van der Waals surface area contributed by atoms with Crippen molar-refractivity contribution >= 4 is 0 Å². The standard InChI is InChI=1S/C18H23NO2/c1-13(19-2)9-14-5-7-15(8-6-14)16-10-17(20-3)12-18(11-16)21-4/h5-8,10-13,19H,9H2,1-4H3/t13-/m1/s1. The van der Waals surface area contributed by atoms with Crippen LogP contribution < -0.4 is 14.8 Å². The average molecular weight is 285 g/mol. The molecular formula is C18H23NO2. The third-order valence-electron chi connectivity index (χ3n) is 3.67. The maximum atomic E-state index is 5.32. The largest absolute Gasteiger partial charge is 0.497 e. The SMILES string of the molecule is CN[C@H](C)Cc1ccc(-c2cc(OC)cc(OC)c2)cc1. The molecule has 0 aliphatic heterocycles. The minimum atomic E-state index is 0.479. The summed E-state index contributed by atoms with van der Waals surface area (Å²) in [5, 5.41) is 3.26. The monoisotopic (exact) mass is 285 g/mol. The molecule has 0 amide bonds. The van der Waals surface area contributed by atoms with E-state index >= 15 is 0 Å². The van der Waals surface area contributed by atoms with Crippen molar-refractivity contribution in [1.29, 1.82) is 0 Å². The van der Waals surface area contributed by atoms with Crippen molar-refractivity contribution in [2.24, 2.45) is 0 Å². The van der Waals surface area contributed by atoms with Gasteiger partial charge in [-0.05, 0) is 49.2 Å². The topological polar surface area (TPSA) is 30.5 Å². The van der Waals surface area contributed by atoms with E-state index in [-0.39, 0.29) is 0 Å². The Bertz CT molecular complexity index is 556. The zero-order valence-corrected chi connectivity index (χ0v) is 13.1. The van der Waals surface area contributed by atoms with Gasteiger partial charge in [0.1, 0.15) is 11.5 Å². The summed E-state index contributed by atoms with van der Waals surface area (Å²) >= 11 is 0. The highest BCUT2D eigenvalue weighted by Crippen LogP contribution is 2.29. The zero-order valence-electron chi connectivity index (χ0n) is 13.1. The fourth-order valence-corrected chi connectivity index (χ4v) is 2.26. The summed E-state index contributed by atoms with van der Waals surface area (Å²) < 4.78 is 10.6. The van der Waals surface area contributed by atoms with Gasteiger partial charge in [-0.15, -0.1) is 0 Å². The van der Waals surface area contributed by atoms with E-state index < -0.39 is 0 Å². The van der Waals surface area contributed by atoms with Crippen LogP contribution >= 0.6 is 0 Å². The Balaban J connectivity index is 2.25. The molecule has 2 aromatic rings. The van der Waals surface area contributed by atoms with Crippen LogP contribution in [0.3, 0.4) is 0 Å². The highest BCUT2D eigenvalue weighted by molar-refractivity contribution is 5.67. The number of methoxy groups -OCH3 is 2. The number of ether oxygens (including phenoxy) is 2. The molecule has 0 saturated heterocycles. The third kappa shape index (κ3) is 3.99. The van der Waals surface area contributed by atoms with Crippen molar-refractivity contribution in [2.75, 3.05) is 21.3 Å². The number of hydrogen-bond donors (Lipinski definition) is 1. The van der Waals surface area contributed by atoms with Crippen molar-refractivity contribution in [3.8, 4) is 22.6 Å². The molecule has 21 heavy (non-hydrogen) atoms. The first-order chi connectivity index (χ1) is 10.2. The molecule has 1 N–H and O–H groups in total. The van der Waals surface area contributed by atoms with E-state index in [0.717, 1.165) is 29.0 Å². The first-order valence-electron chi connectivity index (χ1n) is 7.16. The molecule has 2 rings (SSSR count). The summed E-state index contributed by atoms with van der Waals surface area (Å²) in [5.41, 5.74) is 3.59. The van der Waals surface area contributed by atoms with Gasteiger partial charge in [-0.2, -0.15) is 0 Å². The summed E-state index contributed by atoms with van der Waals surface area (Å²) in [4.78, 5) is 0. The molecular weight excluding hydrogens is 262 g/mol. The van der Waals surface area contributed by atoms with Crippen LogP contribution in [0.5, 0.6) is 11.5 Å². The lowest BCUT2D eigenvalue weighted by Gasteiger charge is -2.11. The first kappa shape index (κ1) is 15.4. The Morgan fingerprint density at radius 1 is 0.905 bits per heavy atom. The minimum Gasteiger partial charge on any atom is -0.497 e. The molecule has 3 heteroatoms. The molecule has 0 saturated carbocycles. The predicted molar refractivity (Wildman–Crippen MR) is 87.2 cm³/mol. The molecule has 0 bridgehead atoms. The number of nitrogens with one attached hydrogen (secondary N) is 1. The average Bonchev–Trinajstić information content (AvgIpc) is 2.54. The zero-order chi connectivity index (χ0) is 15.2. The Morgan fingerprint density at radius 2 is 1.48 bits per heavy atom. The van der Waals surface area contributed by atoms with Crippen LogP contribution in [0.1, 0.15) is 12.5 Å². The lowest BCUT2D eigenvalue weighted by molar-refractivity contribution is 0.394. The molecule has 0 spiro atoms. The van der Waals surface area contributed by atoms with Gasteiger partial charge in [0.2, 0.25) is 0 Å². The Morgan fingerprint density at radius 3 is 1.95 bits per heavy atom. The van der Waals surface area contributed by atoms with Gasteiger partial charge in [0, 0.05) is 12.1 Å². The van der Waals surface area contributed by atoms with Crippen molar-refractivity contribution in [2.45, 2.75) is 19.4 Å². The lowest BCUT2D eigenvalue weighted by Crippen LogP contribution is -2.23. The molecule has 3 nitrogen and oxygen atoms in total. The van der Waals surface area contributed by atoms with Crippen LogP contribution in [0.2, 0.25) is 0 Å². The second-order valence-electron chi connectivity index (χ2n) is 5.19. The molecule has 0 aliphatic carbocycles. The van der Waals surface area contributed by atoms with Crippen LogP contribution in [0.25, 0.3) is 11.1 Å². The van der Waals surface area contributed by atoms with E-state index in [2.05, 4.69) is 36.5 Å². The minimum absolute atomic E-state index is 0.479. The van der Waals surface area contributed by atoms with Gasteiger partial charge in [0.25, 0.3) is 0 Å². The van der Waals surface area contributed by atoms with Gasteiger partial charge in [0.15, 0.2) is 0 Å². The van der Waals surface area contributed by atoms with Crippen molar-refractivity contribution in [3.05, 3.63) is 48.0 Å². The molecule has 1 atom stereocenters. The Labute approximate surface area is 126 Å². The normalized spacial score (nSPS) is 12.0. The van der Waals surface area contributed by atoms with E-state index in [9.17, 15) is 0 Å². The van der Waals surface area contributed by atoms with Crippen LogP contribution in [0.4, 0.5) is 0 Å². The van der Waals surface area contributed by atoms with E-state index in [4.69, 9.17) is 9.47 Å². The van der Waals surface area contributed by atoms with Gasteiger partial charge in [-0.25, -0.2) is 0 Å². The van der Waals surface area contributed by atoms with Gasteiger partial charge in [0.05, 0.1) is 14.2 Å². The van der Waals surface area contributed by atoms with Crippen LogP contribution in [0, 0.1) is 0 Å². The fraction of sp³-hybridized carbons (Fsp3) is 0.333. The Kier molecular flexibility index (Phi) is 5.23.